The first-order valence-electron chi connectivity index (χ1n) is 12.3. The molecule has 0 radical (unpaired) electrons. The van der Waals surface area contributed by atoms with E-state index in [0.29, 0.717) is 28.1 Å². The average molecular weight is 583 g/mol. The summed E-state index contributed by atoms with van der Waals surface area (Å²) < 4.78 is 80.1. The van der Waals surface area contributed by atoms with Gasteiger partial charge in [0.25, 0.3) is 0 Å². The molecule has 1 atom stereocenters. The van der Waals surface area contributed by atoms with E-state index in [9.17, 15) is 30.8 Å². The number of nitrogens with zero attached hydrogens (tertiary/aromatic N) is 1. The third kappa shape index (κ3) is 6.28. The van der Waals surface area contributed by atoms with E-state index in [4.69, 9.17) is 5.14 Å². The molecule has 7 nitrogen and oxygen atoms in total. The predicted octanol–water partition coefficient (Wildman–Crippen LogP) is 5.08. The van der Waals surface area contributed by atoms with Gasteiger partial charge >= 0.3 is 0 Å². The monoisotopic (exact) mass is 582 g/mol. The van der Waals surface area contributed by atoms with E-state index in [2.05, 4.69) is 15.3 Å². The number of pyridine rings is 1. The summed E-state index contributed by atoms with van der Waals surface area (Å²) in [6.07, 6.45) is 2.75. The number of hydrogen-bond acceptors (Lipinski definition) is 4. The highest BCUT2D eigenvalue weighted by Gasteiger charge is 2.24. The summed E-state index contributed by atoms with van der Waals surface area (Å²) in [6, 6.07) is 12.6. The van der Waals surface area contributed by atoms with Crippen molar-refractivity contribution in [3.05, 3.63) is 119 Å². The van der Waals surface area contributed by atoms with Crippen LogP contribution in [-0.4, -0.2) is 24.3 Å². The number of primary sulfonamides is 1. The van der Waals surface area contributed by atoms with Gasteiger partial charge in [0.2, 0.25) is 15.9 Å². The van der Waals surface area contributed by atoms with Gasteiger partial charge in [-0.25, -0.2) is 31.1 Å². The molecule has 2 aromatic heterocycles. The van der Waals surface area contributed by atoms with Crippen LogP contribution < -0.4 is 10.5 Å². The first-order valence-corrected chi connectivity index (χ1v) is 13.8. The van der Waals surface area contributed by atoms with Crippen LogP contribution in [0.1, 0.15) is 22.9 Å². The third-order valence-electron chi connectivity index (χ3n) is 6.50. The van der Waals surface area contributed by atoms with Crippen molar-refractivity contribution < 1.29 is 30.8 Å². The van der Waals surface area contributed by atoms with Crippen LogP contribution in [0.2, 0.25) is 0 Å². The van der Waals surface area contributed by atoms with Crippen molar-refractivity contribution in [2.45, 2.75) is 23.8 Å². The van der Waals surface area contributed by atoms with Crippen LogP contribution >= 0.6 is 0 Å². The van der Waals surface area contributed by atoms with E-state index in [0.717, 1.165) is 24.3 Å². The lowest BCUT2D eigenvalue weighted by atomic mass is 9.95. The molecule has 1 amide bonds. The number of aromatic amines is 1. The van der Waals surface area contributed by atoms with E-state index >= 15 is 0 Å². The molecule has 2 heterocycles. The second kappa shape index (κ2) is 11.1. The van der Waals surface area contributed by atoms with Gasteiger partial charge in [-0.2, -0.15) is 0 Å². The van der Waals surface area contributed by atoms with Crippen LogP contribution in [0.5, 0.6) is 0 Å². The highest BCUT2D eigenvalue weighted by molar-refractivity contribution is 7.89. The molecular formula is C29H22F4N4O3S. The molecule has 5 rings (SSSR count). The number of rotatable bonds is 8. The lowest BCUT2D eigenvalue weighted by molar-refractivity contribution is -0.121. The summed E-state index contributed by atoms with van der Waals surface area (Å²) >= 11 is 0. The maximum absolute atomic E-state index is 14.3. The number of halogens is 4. The second-order valence-corrected chi connectivity index (χ2v) is 10.9. The molecule has 0 aliphatic carbocycles. The number of carbonyl (C=O) groups is 1. The lowest BCUT2D eigenvalue weighted by Gasteiger charge is -2.22. The first-order chi connectivity index (χ1) is 19.5. The Bertz CT molecular complexity index is 1870. The number of nitrogens with one attached hydrogen (secondary N) is 2. The molecule has 0 saturated carbocycles. The molecule has 41 heavy (non-hydrogen) atoms. The SMILES string of the molecule is NS(=O)(=O)c1cc(-c2cccnc2[C@H](Cc2cc(F)cc(F)c2)NC(=O)Cc2c[nH]c3ccc(F)cc23)ccc1F. The molecule has 0 bridgehead atoms. The zero-order valence-electron chi connectivity index (χ0n) is 21.2. The lowest BCUT2D eigenvalue weighted by Crippen LogP contribution is -2.32. The number of amides is 1. The molecule has 0 unspecified atom stereocenters. The molecule has 4 N–H and O–H groups in total. The Morgan fingerprint density at radius 2 is 1.71 bits per heavy atom. The van der Waals surface area contributed by atoms with E-state index in [1.165, 1.54) is 24.4 Å². The Hall–Kier alpha value is -4.55. The maximum Gasteiger partial charge on any atom is 0.240 e. The Morgan fingerprint density at radius 1 is 0.951 bits per heavy atom. The predicted molar refractivity (Wildman–Crippen MR) is 144 cm³/mol. The quantitative estimate of drug-likeness (QED) is 0.221. The van der Waals surface area contributed by atoms with Gasteiger partial charge < -0.3 is 10.3 Å². The minimum absolute atomic E-state index is 0.101. The summed E-state index contributed by atoms with van der Waals surface area (Å²) in [5.41, 5.74) is 2.15. The normalized spacial score (nSPS) is 12.4. The number of carbonyl (C=O) groups excluding carboxylic acids is 1. The largest absolute Gasteiger partial charge is 0.361 e. The van der Waals surface area contributed by atoms with Crippen LogP contribution in [0.3, 0.4) is 0 Å². The van der Waals surface area contributed by atoms with E-state index < -0.39 is 50.1 Å². The Kier molecular flexibility index (Phi) is 7.61. The third-order valence-corrected chi connectivity index (χ3v) is 7.42. The molecule has 0 fully saturated rings. The molecule has 3 aromatic carbocycles. The minimum Gasteiger partial charge on any atom is -0.361 e. The highest BCUT2D eigenvalue weighted by atomic mass is 32.2. The number of hydrogen-bond donors (Lipinski definition) is 3. The van der Waals surface area contributed by atoms with E-state index in [1.54, 1.807) is 24.4 Å². The number of sulfonamides is 1. The summed E-state index contributed by atoms with van der Waals surface area (Å²) in [6.45, 7) is 0. The zero-order chi connectivity index (χ0) is 29.3. The topological polar surface area (TPSA) is 118 Å². The first kappa shape index (κ1) is 28.0. The Balaban J connectivity index is 1.55. The smallest absolute Gasteiger partial charge is 0.240 e. The molecule has 210 valence electrons. The molecule has 5 aromatic rings. The number of fused-ring (bicyclic) bond motifs is 1. The second-order valence-electron chi connectivity index (χ2n) is 9.41. The van der Waals surface area contributed by atoms with Crippen molar-refractivity contribution >= 4 is 26.8 Å². The van der Waals surface area contributed by atoms with Crippen LogP contribution in [-0.2, 0) is 27.7 Å². The standard InChI is InChI=1S/C29H22F4N4O3S/c30-19-4-6-25-23(14-19)18(15-36-25)12-28(38)37-26(10-16-8-20(31)13-21(32)9-16)29-22(2-1-7-35-29)17-3-5-24(33)27(11-17)41(34,39)40/h1-9,11,13-15,26,36H,10,12H2,(H,37,38)(H2,34,39,40)/t26-/m0/s1. The average Bonchev–Trinajstić information content (AvgIpc) is 3.29. The fourth-order valence-electron chi connectivity index (χ4n) is 4.72. The zero-order valence-corrected chi connectivity index (χ0v) is 22.0. The highest BCUT2D eigenvalue weighted by Crippen LogP contribution is 2.31. The van der Waals surface area contributed by atoms with Gasteiger partial charge in [-0.05, 0) is 71.6 Å². The van der Waals surface area contributed by atoms with E-state index in [-0.39, 0.29) is 29.7 Å². The van der Waals surface area contributed by atoms with Gasteiger partial charge in [-0.15, -0.1) is 0 Å². The number of aromatic nitrogens is 2. The van der Waals surface area contributed by atoms with Crippen molar-refractivity contribution in [2.24, 2.45) is 5.14 Å². The molecular weight excluding hydrogens is 560 g/mol. The van der Waals surface area contributed by atoms with Crippen molar-refractivity contribution in [1.82, 2.24) is 15.3 Å². The van der Waals surface area contributed by atoms with Crippen molar-refractivity contribution in [2.75, 3.05) is 0 Å². The summed E-state index contributed by atoms with van der Waals surface area (Å²) in [7, 11) is -4.40. The van der Waals surface area contributed by atoms with Crippen LogP contribution in [0, 0.1) is 23.3 Å². The van der Waals surface area contributed by atoms with E-state index in [1.807, 2.05) is 0 Å². The fraction of sp³-hybridized carbons (Fsp3) is 0.103. The van der Waals surface area contributed by atoms with Crippen molar-refractivity contribution in [3.8, 4) is 11.1 Å². The number of H-pyrrole nitrogens is 1. The minimum atomic E-state index is -4.40. The Morgan fingerprint density at radius 3 is 2.44 bits per heavy atom. The molecule has 0 spiro atoms. The molecule has 0 aliphatic rings. The van der Waals surface area contributed by atoms with Crippen LogP contribution in [0.15, 0.2) is 84.0 Å². The van der Waals surface area contributed by atoms with Gasteiger partial charge in [0.1, 0.15) is 28.2 Å². The van der Waals surface area contributed by atoms with Crippen LogP contribution in [0.25, 0.3) is 22.0 Å². The van der Waals surface area contributed by atoms with Gasteiger partial charge in [0, 0.05) is 34.9 Å². The summed E-state index contributed by atoms with van der Waals surface area (Å²) in [4.78, 5) is 19.9. The summed E-state index contributed by atoms with van der Waals surface area (Å²) in [5, 5.41) is 8.53. The van der Waals surface area contributed by atoms with Gasteiger partial charge in [-0.1, -0.05) is 12.1 Å². The molecule has 0 aliphatic heterocycles. The fourth-order valence-corrected chi connectivity index (χ4v) is 5.36. The van der Waals surface area contributed by atoms with Gasteiger partial charge in [0.05, 0.1) is 18.2 Å². The van der Waals surface area contributed by atoms with Gasteiger partial charge in [-0.3, -0.25) is 9.78 Å². The number of benzene rings is 3. The van der Waals surface area contributed by atoms with Crippen molar-refractivity contribution in [3.63, 3.8) is 0 Å². The molecule has 0 saturated heterocycles. The maximum atomic E-state index is 14.3. The van der Waals surface area contributed by atoms with Crippen molar-refractivity contribution in [1.29, 1.82) is 0 Å². The molecule has 12 heteroatoms. The van der Waals surface area contributed by atoms with Gasteiger partial charge in [0.15, 0.2) is 0 Å². The Labute approximate surface area is 232 Å². The number of nitrogens with two attached hydrogens (primary N) is 1. The van der Waals surface area contributed by atoms with Crippen LogP contribution in [0.4, 0.5) is 17.6 Å². The summed E-state index contributed by atoms with van der Waals surface area (Å²) in [5.74, 6) is -3.65.